The summed E-state index contributed by atoms with van der Waals surface area (Å²) in [6.07, 6.45) is 2.64. The summed E-state index contributed by atoms with van der Waals surface area (Å²) < 4.78 is 10.7. The van der Waals surface area contributed by atoms with Crippen LogP contribution in [0.3, 0.4) is 0 Å². The standard InChI is InChI=1S/C25H34N2O6/c1-24(2,3)33-23(31)26(4)21-15-25(12-10-19(29)11-13-25)27(22(21)30)18(16-28)14-17-6-8-20(32-5)9-7-17/h6-9,16,18,21H,10-15H2,1-5H3/t18-,21-/m0/s1. The van der Waals surface area contributed by atoms with Gasteiger partial charge >= 0.3 is 6.09 Å². The minimum atomic E-state index is -0.744. The molecule has 8 heteroatoms. The van der Waals surface area contributed by atoms with Gasteiger partial charge in [-0.3, -0.25) is 14.5 Å². The molecule has 0 unspecified atom stereocenters. The molecular weight excluding hydrogens is 424 g/mol. The van der Waals surface area contributed by atoms with Crippen LogP contribution in [-0.2, 0) is 25.5 Å². The van der Waals surface area contributed by atoms with Crippen molar-refractivity contribution in [1.29, 1.82) is 0 Å². The van der Waals surface area contributed by atoms with Crippen LogP contribution in [0.15, 0.2) is 24.3 Å². The Bertz CT molecular complexity index is 894. The van der Waals surface area contributed by atoms with Crippen LogP contribution >= 0.6 is 0 Å². The summed E-state index contributed by atoms with van der Waals surface area (Å²) >= 11 is 0. The maximum Gasteiger partial charge on any atom is 0.410 e. The molecule has 0 radical (unpaired) electrons. The Hall–Kier alpha value is -2.90. The van der Waals surface area contributed by atoms with Crippen molar-refractivity contribution in [1.82, 2.24) is 9.80 Å². The van der Waals surface area contributed by atoms with Crippen LogP contribution < -0.4 is 4.74 Å². The summed E-state index contributed by atoms with van der Waals surface area (Å²) in [7, 11) is 3.14. The fourth-order valence-electron chi connectivity index (χ4n) is 4.86. The first-order valence-electron chi connectivity index (χ1n) is 11.4. The number of ether oxygens (including phenoxy) is 2. The fraction of sp³-hybridized carbons (Fsp3) is 0.600. The van der Waals surface area contributed by atoms with E-state index in [1.165, 1.54) is 4.90 Å². The molecule has 1 aromatic rings. The SMILES string of the molecule is COc1ccc(C[C@@H](C=O)N2C(=O)[C@@H](N(C)C(=O)OC(C)(C)C)CC23CCC(=O)CC3)cc1. The molecular formula is C25H34N2O6. The number of carbonyl (C=O) groups excluding carboxylic acids is 4. The maximum atomic E-state index is 13.7. The van der Waals surface area contributed by atoms with Gasteiger partial charge in [-0.1, -0.05) is 12.1 Å². The number of carbonyl (C=O) groups is 4. The van der Waals surface area contributed by atoms with Crippen LogP contribution in [0, 0.1) is 0 Å². The first kappa shape index (κ1) is 24.7. The smallest absolute Gasteiger partial charge is 0.410 e. The van der Waals surface area contributed by atoms with E-state index in [2.05, 4.69) is 0 Å². The first-order valence-corrected chi connectivity index (χ1v) is 11.4. The minimum Gasteiger partial charge on any atom is -0.497 e. The normalized spacial score (nSPS) is 21.1. The third kappa shape index (κ3) is 5.37. The number of nitrogens with zero attached hydrogens (tertiary/aromatic N) is 2. The fourth-order valence-corrected chi connectivity index (χ4v) is 4.86. The van der Waals surface area contributed by atoms with Gasteiger partial charge in [0, 0.05) is 31.8 Å². The molecule has 2 atom stereocenters. The largest absolute Gasteiger partial charge is 0.497 e. The third-order valence-electron chi connectivity index (χ3n) is 6.59. The van der Waals surface area contributed by atoms with Gasteiger partial charge in [0.2, 0.25) is 5.91 Å². The Kier molecular flexibility index (Phi) is 7.14. The Labute approximate surface area is 195 Å². The van der Waals surface area contributed by atoms with Gasteiger partial charge in [0.25, 0.3) is 0 Å². The van der Waals surface area contributed by atoms with E-state index in [-0.39, 0.29) is 11.7 Å². The molecule has 8 nitrogen and oxygen atoms in total. The minimum absolute atomic E-state index is 0.162. The van der Waals surface area contributed by atoms with E-state index in [9.17, 15) is 19.2 Å². The number of methoxy groups -OCH3 is 1. The van der Waals surface area contributed by atoms with E-state index < -0.39 is 29.3 Å². The Morgan fingerprint density at radius 1 is 1.21 bits per heavy atom. The number of benzene rings is 1. The van der Waals surface area contributed by atoms with E-state index in [0.29, 0.717) is 44.3 Å². The molecule has 1 saturated carbocycles. The molecule has 1 saturated heterocycles. The maximum absolute atomic E-state index is 13.7. The van der Waals surface area contributed by atoms with E-state index in [1.54, 1.807) is 39.8 Å². The molecule has 180 valence electrons. The number of hydrogen-bond acceptors (Lipinski definition) is 6. The van der Waals surface area contributed by atoms with Gasteiger partial charge < -0.3 is 19.2 Å². The molecule has 33 heavy (non-hydrogen) atoms. The van der Waals surface area contributed by atoms with Gasteiger partial charge in [-0.2, -0.15) is 0 Å². The van der Waals surface area contributed by atoms with E-state index in [1.807, 2.05) is 24.3 Å². The lowest BCUT2D eigenvalue weighted by molar-refractivity contribution is -0.142. The highest BCUT2D eigenvalue weighted by molar-refractivity contribution is 5.91. The van der Waals surface area contributed by atoms with E-state index in [4.69, 9.17) is 9.47 Å². The summed E-state index contributed by atoms with van der Waals surface area (Å²) in [6, 6.07) is 5.94. The van der Waals surface area contributed by atoms with Crippen molar-refractivity contribution in [3.05, 3.63) is 29.8 Å². The molecule has 1 heterocycles. The number of rotatable bonds is 6. The molecule has 0 N–H and O–H groups in total. The molecule has 1 aromatic carbocycles. The summed E-state index contributed by atoms with van der Waals surface area (Å²) in [5.41, 5.74) is -0.433. The Balaban J connectivity index is 1.89. The summed E-state index contributed by atoms with van der Waals surface area (Å²) in [6.45, 7) is 5.31. The lowest BCUT2D eigenvalue weighted by Crippen LogP contribution is -2.55. The topological polar surface area (TPSA) is 93.2 Å². The van der Waals surface area contributed by atoms with Crippen LogP contribution in [0.1, 0.15) is 58.4 Å². The Morgan fingerprint density at radius 3 is 2.33 bits per heavy atom. The second kappa shape index (κ2) is 9.53. The summed E-state index contributed by atoms with van der Waals surface area (Å²) in [5, 5.41) is 0. The van der Waals surface area contributed by atoms with Crippen LogP contribution in [-0.4, -0.2) is 71.3 Å². The van der Waals surface area contributed by atoms with Crippen LogP contribution in [0.5, 0.6) is 5.75 Å². The molecule has 3 rings (SSSR count). The van der Waals surface area contributed by atoms with Crippen LogP contribution in [0.2, 0.25) is 0 Å². The summed E-state index contributed by atoms with van der Waals surface area (Å²) in [5.74, 6) is 0.595. The lowest BCUT2D eigenvalue weighted by atomic mass is 9.78. The second-order valence-corrected chi connectivity index (χ2v) is 10.0. The van der Waals surface area contributed by atoms with E-state index >= 15 is 0 Å². The number of Topliss-reactive ketones (excluding diaryl/α,β-unsaturated/α-hetero) is 1. The number of likely N-dealkylation sites (tertiary alicyclic amines) is 1. The van der Waals surface area contributed by atoms with Gasteiger partial charge in [-0.25, -0.2) is 4.79 Å². The number of hydrogen-bond donors (Lipinski definition) is 0. The highest BCUT2D eigenvalue weighted by atomic mass is 16.6. The molecule has 1 aliphatic heterocycles. The van der Waals surface area contributed by atoms with Crippen LogP contribution in [0.25, 0.3) is 0 Å². The second-order valence-electron chi connectivity index (χ2n) is 10.0. The molecule has 1 aliphatic carbocycles. The first-order chi connectivity index (χ1) is 15.5. The average Bonchev–Trinajstić information content (AvgIpc) is 3.04. The van der Waals surface area contributed by atoms with Gasteiger partial charge in [0.05, 0.1) is 13.2 Å². The summed E-state index contributed by atoms with van der Waals surface area (Å²) in [4.78, 5) is 53.6. The highest BCUT2D eigenvalue weighted by Gasteiger charge is 2.56. The zero-order chi connectivity index (χ0) is 24.4. The van der Waals surface area contributed by atoms with Crippen molar-refractivity contribution < 1.29 is 28.7 Å². The quantitative estimate of drug-likeness (QED) is 0.608. The van der Waals surface area contributed by atoms with Crippen molar-refractivity contribution in [2.75, 3.05) is 14.2 Å². The molecule has 0 aromatic heterocycles. The number of likely N-dealkylation sites (N-methyl/N-ethyl adjacent to an activating group) is 1. The Morgan fingerprint density at radius 2 is 1.82 bits per heavy atom. The zero-order valence-corrected chi connectivity index (χ0v) is 20.1. The van der Waals surface area contributed by atoms with Crippen molar-refractivity contribution >= 4 is 24.1 Å². The molecule has 0 bridgehead atoms. The van der Waals surface area contributed by atoms with Crippen molar-refractivity contribution in [2.45, 2.75) is 82.5 Å². The predicted molar refractivity (Wildman–Crippen MR) is 122 cm³/mol. The van der Waals surface area contributed by atoms with Gasteiger partial charge in [-0.15, -0.1) is 0 Å². The predicted octanol–water partition coefficient (Wildman–Crippen LogP) is 3.15. The zero-order valence-electron chi connectivity index (χ0n) is 20.1. The van der Waals surface area contributed by atoms with Gasteiger partial charge in [0.15, 0.2) is 0 Å². The molecule has 2 fully saturated rings. The molecule has 1 spiro atoms. The van der Waals surface area contributed by atoms with Crippen molar-refractivity contribution in [3.63, 3.8) is 0 Å². The van der Waals surface area contributed by atoms with Gasteiger partial charge in [-0.05, 0) is 57.7 Å². The van der Waals surface area contributed by atoms with Gasteiger partial charge in [0.1, 0.15) is 29.5 Å². The number of ketones is 1. The van der Waals surface area contributed by atoms with Crippen molar-refractivity contribution in [2.24, 2.45) is 0 Å². The number of amides is 2. The van der Waals surface area contributed by atoms with Crippen molar-refractivity contribution in [3.8, 4) is 5.75 Å². The molecule has 2 amide bonds. The monoisotopic (exact) mass is 458 g/mol. The molecule has 2 aliphatic rings. The lowest BCUT2D eigenvalue weighted by Gasteiger charge is -2.43. The highest BCUT2D eigenvalue weighted by Crippen LogP contribution is 2.44. The van der Waals surface area contributed by atoms with E-state index in [0.717, 1.165) is 11.8 Å². The van der Waals surface area contributed by atoms with Crippen LogP contribution in [0.4, 0.5) is 4.79 Å². The third-order valence-corrected chi connectivity index (χ3v) is 6.59. The average molecular weight is 459 g/mol. The number of aldehydes is 1.